The molecule has 0 saturated carbocycles. The van der Waals surface area contributed by atoms with Crippen molar-refractivity contribution >= 4 is 11.9 Å². The fourth-order valence-electron chi connectivity index (χ4n) is 1.85. The Hall–Kier alpha value is -1.91. The summed E-state index contributed by atoms with van der Waals surface area (Å²) in [5.41, 5.74) is 0.853. The minimum Gasteiger partial charge on any atom is -0.481 e. The summed E-state index contributed by atoms with van der Waals surface area (Å²) in [5.74, 6) is -2.47. The van der Waals surface area contributed by atoms with Crippen LogP contribution in [0.1, 0.15) is 35.7 Å². The van der Waals surface area contributed by atoms with Gasteiger partial charge in [0.15, 0.2) is 0 Å². The van der Waals surface area contributed by atoms with Gasteiger partial charge in [-0.1, -0.05) is 13.3 Å². The molecular formula is C14H18FNO3. The lowest BCUT2D eigenvalue weighted by atomic mass is 10.0. The lowest BCUT2D eigenvalue weighted by Gasteiger charge is -2.12. The largest absolute Gasteiger partial charge is 0.481 e. The second-order valence-electron chi connectivity index (χ2n) is 4.55. The molecule has 1 amide bonds. The molecule has 0 radical (unpaired) electrons. The summed E-state index contributed by atoms with van der Waals surface area (Å²) >= 11 is 0. The lowest BCUT2D eigenvalue weighted by molar-refractivity contribution is -0.141. The number of hydrogen-bond donors (Lipinski definition) is 2. The average molecular weight is 267 g/mol. The second-order valence-corrected chi connectivity index (χ2v) is 4.55. The summed E-state index contributed by atoms with van der Waals surface area (Å²) < 4.78 is 13.2. The molecule has 0 aromatic heterocycles. The average Bonchev–Trinajstić information content (AvgIpc) is 2.32. The molecule has 0 bridgehead atoms. The highest BCUT2D eigenvalue weighted by atomic mass is 19.1. The van der Waals surface area contributed by atoms with Crippen LogP contribution in [0.2, 0.25) is 0 Å². The Morgan fingerprint density at radius 1 is 1.37 bits per heavy atom. The number of amides is 1. The summed E-state index contributed by atoms with van der Waals surface area (Å²) in [7, 11) is 0. The quantitative estimate of drug-likeness (QED) is 0.831. The Kier molecular flexibility index (Phi) is 5.48. The first kappa shape index (κ1) is 15.1. The van der Waals surface area contributed by atoms with Gasteiger partial charge in [-0.05, 0) is 37.1 Å². The molecule has 19 heavy (non-hydrogen) atoms. The molecule has 1 aromatic carbocycles. The summed E-state index contributed by atoms with van der Waals surface area (Å²) in [4.78, 5) is 22.7. The summed E-state index contributed by atoms with van der Waals surface area (Å²) in [6.45, 7) is 3.63. The Labute approximate surface area is 111 Å². The maximum absolute atomic E-state index is 13.2. The van der Waals surface area contributed by atoms with Crippen molar-refractivity contribution < 1.29 is 19.1 Å². The van der Waals surface area contributed by atoms with E-state index < -0.39 is 23.6 Å². The van der Waals surface area contributed by atoms with Crippen molar-refractivity contribution in [1.82, 2.24) is 5.32 Å². The molecular weight excluding hydrogens is 249 g/mol. The first-order valence-corrected chi connectivity index (χ1v) is 6.22. The Balaban J connectivity index is 2.66. The number of nitrogens with one attached hydrogen (secondary N) is 1. The number of carboxylic acid groups (broad SMARTS) is 1. The number of carbonyl (C=O) groups excluding carboxylic acids is 1. The number of aryl methyl sites for hydroxylation is 1. The van der Waals surface area contributed by atoms with Crippen LogP contribution in [0.3, 0.4) is 0 Å². The summed E-state index contributed by atoms with van der Waals surface area (Å²) in [5, 5.41) is 11.5. The lowest BCUT2D eigenvalue weighted by Crippen LogP contribution is -2.33. The SMILES string of the molecule is CCCC(CNC(=O)c1cc(C)cc(F)c1)C(=O)O. The second kappa shape index (κ2) is 6.87. The molecule has 4 nitrogen and oxygen atoms in total. The monoisotopic (exact) mass is 267 g/mol. The van der Waals surface area contributed by atoms with Gasteiger partial charge in [0, 0.05) is 12.1 Å². The van der Waals surface area contributed by atoms with Crippen LogP contribution in [0.15, 0.2) is 18.2 Å². The van der Waals surface area contributed by atoms with E-state index in [1.54, 1.807) is 13.0 Å². The molecule has 0 spiro atoms. The van der Waals surface area contributed by atoms with E-state index >= 15 is 0 Å². The van der Waals surface area contributed by atoms with Crippen LogP contribution < -0.4 is 5.32 Å². The Bertz CT molecular complexity index is 454. The minimum absolute atomic E-state index is 0.0531. The molecule has 0 saturated heterocycles. The first-order valence-electron chi connectivity index (χ1n) is 6.22. The van der Waals surface area contributed by atoms with Crippen LogP contribution in [0, 0.1) is 18.7 Å². The van der Waals surface area contributed by atoms with Gasteiger partial charge in [-0.15, -0.1) is 0 Å². The van der Waals surface area contributed by atoms with Crippen LogP contribution in [0.25, 0.3) is 0 Å². The molecule has 0 aliphatic heterocycles. The number of aliphatic carboxylic acids is 1. The van der Waals surface area contributed by atoms with Gasteiger partial charge in [-0.3, -0.25) is 9.59 Å². The van der Waals surface area contributed by atoms with E-state index in [0.29, 0.717) is 12.0 Å². The third kappa shape index (κ3) is 4.69. The fraction of sp³-hybridized carbons (Fsp3) is 0.429. The number of carboxylic acids is 1. The summed E-state index contributed by atoms with van der Waals surface area (Å²) in [6, 6.07) is 4.03. The smallest absolute Gasteiger partial charge is 0.308 e. The number of rotatable bonds is 6. The molecule has 104 valence electrons. The Morgan fingerprint density at radius 2 is 2.05 bits per heavy atom. The highest BCUT2D eigenvalue weighted by Gasteiger charge is 2.17. The van der Waals surface area contributed by atoms with Gasteiger partial charge in [-0.2, -0.15) is 0 Å². The molecule has 1 aromatic rings. The predicted octanol–water partition coefficient (Wildman–Crippen LogP) is 2.36. The molecule has 1 atom stereocenters. The standard InChI is InChI=1S/C14H18FNO3/c1-3-4-10(14(18)19)8-16-13(17)11-5-9(2)6-12(15)7-11/h5-7,10H,3-4,8H2,1-2H3,(H,16,17)(H,18,19). The van der Waals surface area contributed by atoms with E-state index in [2.05, 4.69) is 5.32 Å². The van der Waals surface area contributed by atoms with Gasteiger partial charge < -0.3 is 10.4 Å². The van der Waals surface area contributed by atoms with Crippen LogP contribution in [-0.2, 0) is 4.79 Å². The first-order chi connectivity index (χ1) is 8.93. The molecule has 5 heteroatoms. The number of benzene rings is 1. The van der Waals surface area contributed by atoms with E-state index in [1.165, 1.54) is 6.07 Å². The van der Waals surface area contributed by atoms with Crippen molar-refractivity contribution in [3.8, 4) is 0 Å². The van der Waals surface area contributed by atoms with Crippen LogP contribution in [0.4, 0.5) is 4.39 Å². The van der Waals surface area contributed by atoms with Gasteiger partial charge in [0.25, 0.3) is 5.91 Å². The van der Waals surface area contributed by atoms with Crippen molar-refractivity contribution in [3.05, 3.63) is 35.1 Å². The van der Waals surface area contributed by atoms with Gasteiger partial charge in [-0.25, -0.2) is 4.39 Å². The van der Waals surface area contributed by atoms with Crippen molar-refractivity contribution in [2.45, 2.75) is 26.7 Å². The molecule has 0 heterocycles. The van der Waals surface area contributed by atoms with Crippen LogP contribution in [0.5, 0.6) is 0 Å². The highest BCUT2D eigenvalue weighted by Crippen LogP contribution is 2.09. The number of hydrogen-bond acceptors (Lipinski definition) is 2. The van der Waals surface area contributed by atoms with Crippen LogP contribution >= 0.6 is 0 Å². The van der Waals surface area contributed by atoms with Crippen molar-refractivity contribution in [1.29, 1.82) is 0 Å². The molecule has 1 unspecified atom stereocenters. The zero-order valence-electron chi connectivity index (χ0n) is 11.1. The Morgan fingerprint density at radius 3 is 2.58 bits per heavy atom. The van der Waals surface area contributed by atoms with Gasteiger partial charge in [0.05, 0.1) is 5.92 Å². The van der Waals surface area contributed by atoms with Crippen molar-refractivity contribution in [2.75, 3.05) is 6.54 Å². The zero-order valence-corrected chi connectivity index (χ0v) is 11.1. The van der Waals surface area contributed by atoms with Crippen LogP contribution in [-0.4, -0.2) is 23.5 Å². The maximum atomic E-state index is 13.2. The fourth-order valence-corrected chi connectivity index (χ4v) is 1.85. The van der Waals surface area contributed by atoms with E-state index in [9.17, 15) is 14.0 Å². The predicted molar refractivity (Wildman–Crippen MR) is 69.5 cm³/mol. The summed E-state index contributed by atoms with van der Waals surface area (Å²) in [6.07, 6.45) is 1.23. The molecule has 2 N–H and O–H groups in total. The number of carbonyl (C=O) groups is 2. The number of halogens is 1. The van der Waals surface area contributed by atoms with E-state index in [4.69, 9.17) is 5.11 Å². The minimum atomic E-state index is -0.933. The van der Waals surface area contributed by atoms with Gasteiger partial charge in [0.1, 0.15) is 5.82 Å². The molecule has 0 fully saturated rings. The van der Waals surface area contributed by atoms with Gasteiger partial charge >= 0.3 is 5.97 Å². The third-order valence-corrected chi connectivity index (χ3v) is 2.80. The van der Waals surface area contributed by atoms with E-state index in [-0.39, 0.29) is 12.1 Å². The van der Waals surface area contributed by atoms with Crippen molar-refractivity contribution in [2.24, 2.45) is 5.92 Å². The maximum Gasteiger partial charge on any atom is 0.308 e. The zero-order chi connectivity index (χ0) is 14.4. The normalized spacial score (nSPS) is 11.9. The highest BCUT2D eigenvalue weighted by molar-refractivity contribution is 5.94. The van der Waals surface area contributed by atoms with E-state index in [1.807, 2.05) is 6.92 Å². The molecule has 0 aliphatic rings. The van der Waals surface area contributed by atoms with Crippen molar-refractivity contribution in [3.63, 3.8) is 0 Å². The molecule has 0 aliphatic carbocycles. The van der Waals surface area contributed by atoms with E-state index in [0.717, 1.165) is 12.5 Å². The molecule has 1 rings (SSSR count). The third-order valence-electron chi connectivity index (χ3n) is 2.80. The van der Waals surface area contributed by atoms with Gasteiger partial charge in [0.2, 0.25) is 0 Å². The topological polar surface area (TPSA) is 66.4 Å².